The predicted octanol–water partition coefficient (Wildman–Crippen LogP) is -5.28. The van der Waals surface area contributed by atoms with Crippen LogP contribution in [0.2, 0.25) is 0 Å². The fourth-order valence-corrected chi connectivity index (χ4v) is 1.11. The fourth-order valence-electron chi connectivity index (χ4n) is 0.538. The summed E-state index contributed by atoms with van der Waals surface area (Å²) in [6, 6.07) is 0. The maximum absolute atomic E-state index is 10.1. The van der Waals surface area contributed by atoms with Crippen LogP contribution in [0.15, 0.2) is 0 Å². The van der Waals surface area contributed by atoms with Crippen molar-refractivity contribution < 1.29 is 57.8 Å². The average Bonchev–Trinajstić information content (AvgIpc) is 1.84. The van der Waals surface area contributed by atoms with Crippen LogP contribution in [0.3, 0.4) is 0 Å². The second-order valence-electron chi connectivity index (χ2n) is 2.10. The Morgan fingerprint density at radius 1 is 1.57 bits per heavy atom. The molecule has 0 bridgehead atoms. The normalized spacial score (nSPS) is 11.8. The molecule has 0 saturated heterocycles. The van der Waals surface area contributed by atoms with Gasteiger partial charge in [0.05, 0.1) is 28.6 Å². The zero-order chi connectivity index (χ0) is 9.61. The molecule has 1 atom stereocenters. The average molecular weight is 234 g/mol. The number of hydrogen-bond acceptors (Lipinski definition) is 5. The molecule has 1 unspecified atom stereocenters. The summed E-state index contributed by atoms with van der Waals surface area (Å²) < 4.78 is 34.8. The molecule has 78 valence electrons. The molecule has 0 saturated carbocycles. The molecule has 0 aliphatic rings. The molecule has 0 heterocycles. The van der Waals surface area contributed by atoms with Crippen LogP contribution >= 0.6 is 0 Å². The molecule has 0 aliphatic heterocycles. The van der Waals surface area contributed by atoms with Crippen LogP contribution in [-0.2, 0) is 14.9 Å². The van der Waals surface area contributed by atoms with Crippen LogP contribution in [0.25, 0.3) is 0 Å². The molecule has 0 radical (unpaired) electrons. The number of hydrogen-bond donors (Lipinski definition) is 1. The van der Waals surface area contributed by atoms with E-state index in [0.717, 1.165) is 0 Å². The van der Waals surface area contributed by atoms with Gasteiger partial charge in [0.15, 0.2) is 0 Å². The van der Waals surface area contributed by atoms with Crippen molar-refractivity contribution in [1.29, 1.82) is 0 Å². The third-order valence-corrected chi connectivity index (χ3v) is 1.69. The third-order valence-electron chi connectivity index (χ3n) is 0.892. The zero-order valence-electron chi connectivity index (χ0n) is 7.76. The summed E-state index contributed by atoms with van der Waals surface area (Å²) in [5.74, 6) is 1.28. The van der Waals surface area contributed by atoms with E-state index >= 15 is 0 Å². The molecule has 6 nitrogen and oxygen atoms in total. The van der Waals surface area contributed by atoms with Gasteiger partial charge in [-0.15, -0.1) is 6.42 Å². The molecule has 0 amide bonds. The molecule has 0 aliphatic carbocycles. The number of aliphatic hydroxyl groups excluding tert-OH is 1. The smallest absolute Gasteiger partial charge is 0.748 e. The molecule has 0 aromatic rings. The van der Waals surface area contributed by atoms with Crippen LogP contribution in [-0.4, -0.2) is 48.6 Å². The second-order valence-corrected chi connectivity index (χ2v) is 3.55. The Labute approximate surface area is 105 Å². The van der Waals surface area contributed by atoms with Crippen LogP contribution < -0.4 is 29.6 Å². The van der Waals surface area contributed by atoms with Gasteiger partial charge in [0.2, 0.25) is 0 Å². The quantitative estimate of drug-likeness (QED) is 0.220. The fraction of sp³-hybridized carbons (Fsp3) is 0.667. The Balaban J connectivity index is -0.000000605. The number of ether oxygens (including phenoxy) is 1. The van der Waals surface area contributed by atoms with Crippen molar-refractivity contribution in [3.63, 3.8) is 0 Å². The van der Waals surface area contributed by atoms with Gasteiger partial charge in [0, 0.05) is 0 Å². The first-order chi connectivity index (χ1) is 5.45. The number of terminal acetylenes is 1. The standard InChI is InChI=1S/C6H10O5S.Na.H2O/c1-2-3-11-4-6(7)5-12(8,9)10;;/h1,6-7H,3-5H2,(H,8,9,10);;1H2/q;+1;/p-1. The topological polar surface area (TPSA) is 118 Å². The second kappa shape index (κ2) is 9.89. The van der Waals surface area contributed by atoms with Gasteiger partial charge in [-0.3, -0.25) is 0 Å². The van der Waals surface area contributed by atoms with E-state index in [2.05, 4.69) is 10.7 Å². The van der Waals surface area contributed by atoms with E-state index in [1.807, 2.05) is 0 Å². The first-order valence-corrected chi connectivity index (χ1v) is 4.66. The van der Waals surface area contributed by atoms with Gasteiger partial charge < -0.3 is 19.9 Å². The monoisotopic (exact) mass is 234 g/mol. The molecule has 0 spiro atoms. The Morgan fingerprint density at radius 3 is 2.43 bits per heavy atom. The predicted molar refractivity (Wildman–Crippen MR) is 43.8 cm³/mol. The maximum Gasteiger partial charge on any atom is 1.00 e. The third kappa shape index (κ3) is 14.9. The van der Waals surface area contributed by atoms with Gasteiger partial charge in [-0.1, -0.05) is 5.92 Å². The minimum atomic E-state index is -4.39. The summed E-state index contributed by atoms with van der Waals surface area (Å²) in [6.07, 6.45) is 3.50. The van der Waals surface area contributed by atoms with Crippen molar-refractivity contribution in [3.8, 4) is 12.3 Å². The van der Waals surface area contributed by atoms with E-state index in [1.165, 1.54) is 0 Å². The summed E-state index contributed by atoms with van der Waals surface area (Å²) in [7, 11) is -4.39. The van der Waals surface area contributed by atoms with Crippen LogP contribution in [0.1, 0.15) is 0 Å². The van der Waals surface area contributed by atoms with Crippen LogP contribution in [0.4, 0.5) is 0 Å². The summed E-state index contributed by atoms with van der Waals surface area (Å²) in [5, 5.41) is 8.84. The van der Waals surface area contributed by atoms with Crippen molar-refractivity contribution in [2.24, 2.45) is 0 Å². The SMILES string of the molecule is C#CCOCC(O)CS(=O)(=O)[O-].O.[Na+]. The van der Waals surface area contributed by atoms with E-state index < -0.39 is 22.0 Å². The van der Waals surface area contributed by atoms with Gasteiger partial charge in [0.25, 0.3) is 0 Å². The van der Waals surface area contributed by atoms with Crippen molar-refractivity contribution in [1.82, 2.24) is 0 Å². The Hall–Kier alpha value is 0.350. The molecule has 0 aromatic heterocycles. The van der Waals surface area contributed by atoms with Gasteiger partial charge in [-0.2, -0.15) is 0 Å². The first-order valence-electron chi connectivity index (χ1n) is 3.08. The zero-order valence-corrected chi connectivity index (χ0v) is 10.6. The molecule has 0 aromatic carbocycles. The minimum absolute atomic E-state index is 0. The molecular formula is C6H11NaO6S. The maximum atomic E-state index is 10.1. The minimum Gasteiger partial charge on any atom is -0.748 e. The Morgan fingerprint density at radius 2 is 2.07 bits per heavy atom. The largest absolute Gasteiger partial charge is 1.00 e. The van der Waals surface area contributed by atoms with E-state index in [1.54, 1.807) is 0 Å². The van der Waals surface area contributed by atoms with Gasteiger partial charge in [-0.25, -0.2) is 8.42 Å². The van der Waals surface area contributed by atoms with Crippen molar-refractivity contribution in [3.05, 3.63) is 0 Å². The van der Waals surface area contributed by atoms with Gasteiger partial charge >= 0.3 is 29.6 Å². The molecule has 0 fully saturated rings. The molecule has 8 heteroatoms. The molecule has 14 heavy (non-hydrogen) atoms. The van der Waals surface area contributed by atoms with Crippen LogP contribution in [0, 0.1) is 12.3 Å². The molecule has 3 N–H and O–H groups in total. The van der Waals surface area contributed by atoms with Gasteiger partial charge in [-0.05, 0) is 0 Å². The van der Waals surface area contributed by atoms with Gasteiger partial charge in [0.1, 0.15) is 6.61 Å². The number of rotatable bonds is 5. The Kier molecular flexibility index (Phi) is 14.0. The summed E-state index contributed by atoms with van der Waals surface area (Å²) in [6.45, 7) is -0.262. The first kappa shape index (κ1) is 19.9. The summed E-state index contributed by atoms with van der Waals surface area (Å²) >= 11 is 0. The summed E-state index contributed by atoms with van der Waals surface area (Å²) in [5.41, 5.74) is 0. The Bertz CT molecular complexity index is 256. The van der Waals surface area contributed by atoms with E-state index in [4.69, 9.17) is 11.5 Å². The van der Waals surface area contributed by atoms with Crippen molar-refractivity contribution >= 4 is 10.1 Å². The van der Waals surface area contributed by atoms with E-state index in [-0.39, 0.29) is 48.2 Å². The van der Waals surface area contributed by atoms with Crippen molar-refractivity contribution in [2.45, 2.75) is 6.10 Å². The summed E-state index contributed by atoms with van der Waals surface area (Å²) in [4.78, 5) is 0. The van der Waals surface area contributed by atoms with Crippen molar-refractivity contribution in [2.75, 3.05) is 19.0 Å². The molecule has 0 rings (SSSR count). The van der Waals surface area contributed by atoms with E-state index in [9.17, 15) is 13.0 Å². The molecular weight excluding hydrogens is 223 g/mol. The van der Waals surface area contributed by atoms with Crippen LogP contribution in [0.5, 0.6) is 0 Å². The van der Waals surface area contributed by atoms with E-state index in [0.29, 0.717) is 0 Å². The number of aliphatic hydroxyl groups is 1.